The molecule has 0 aliphatic rings. The highest BCUT2D eigenvalue weighted by Gasteiger charge is 2.35. The van der Waals surface area contributed by atoms with Crippen molar-refractivity contribution < 1.29 is 18.9 Å². The van der Waals surface area contributed by atoms with Crippen molar-refractivity contribution in [3.05, 3.63) is 0 Å². The van der Waals surface area contributed by atoms with E-state index in [2.05, 4.69) is 0 Å². The van der Waals surface area contributed by atoms with Gasteiger partial charge in [0, 0.05) is 36.2 Å². The van der Waals surface area contributed by atoms with E-state index in [-0.39, 0.29) is 18.5 Å². The molecule has 0 heterocycles. The Morgan fingerprint density at radius 1 is 0.696 bits per heavy atom. The van der Waals surface area contributed by atoms with Gasteiger partial charge in [0.2, 0.25) is 17.7 Å². The van der Waals surface area contributed by atoms with Gasteiger partial charge in [0.1, 0.15) is 0 Å². The van der Waals surface area contributed by atoms with Crippen LogP contribution in [0.25, 0.3) is 0 Å². The molecule has 0 aromatic carbocycles. The lowest BCUT2D eigenvalue weighted by Gasteiger charge is -2.27. The first kappa shape index (κ1) is 21.6. The van der Waals surface area contributed by atoms with Crippen molar-refractivity contribution in [3.8, 4) is 0 Å². The van der Waals surface area contributed by atoms with E-state index in [4.69, 9.17) is 17.2 Å². The molecule has 6 N–H and O–H groups in total. The molecule has 0 bridgehead atoms. The number of carbonyl (C=O) groups is 3. The third kappa shape index (κ3) is 7.16. The van der Waals surface area contributed by atoms with Crippen molar-refractivity contribution in [1.82, 2.24) is 0 Å². The smallest absolute Gasteiger partial charge is 0.220 e. The second-order valence-corrected chi connectivity index (χ2v) is 9.34. The van der Waals surface area contributed by atoms with Crippen LogP contribution in [-0.4, -0.2) is 36.2 Å². The van der Waals surface area contributed by atoms with Crippen LogP contribution in [-0.2, 0) is 18.9 Å². The Kier molecular flexibility index (Phi) is 9.13. The number of carbonyl (C=O) groups excluding carboxylic acids is 3. The lowest BCUT2D eigenvalue weighted by atomic mass is 10.1. The van der Waals surface area contributed by atoms with Crippen LogP contribution in [0.2, 0.25) is 0 Å². The van der Waals surface area contributed by atoms with Crippen LogP contribution in [0.4, 0.5) is 0 Å². The number of rotatable bonds is 12. The van der Waals surface area contributed by atoms with Gasteiger partial charge >= 0.3 is 0 Å². The van der Waals surface area contributed by atoms with Gasteiger partial charge in [-0.3, -0.25) is 14.4 Å². The lowest BCUT2D eigenvalue weighted by molar-refractivity contribution is -0.121. The number of nitrogens with two attached hydrogens (primary N) is 3. The van der Waals surface area contributed by atoms with Crippen molar-refractivity contribution in [2.45, 2.75) is 40.0 Å². The minimum absolute atomic E-state index is 0.0897. The van der Waals surface area contributed by atoms with E-state index < -0.39 is 42.6 Å². The number of primary amides is 3. The van der Waals surface area contributed by atoms with Crippen LogP contribution in [0.3, 0.4) is 0 Å². The fourth-order valence-corrected chi connectivity index (χ4v) is 6.86. The molecule has 23 heavy (non-hydrogen) atoms. The Labute approximate surface area is 138 Å². The lowest BCUT2D eigenvalue weighted by Crippen LogP contribution is -2.33. The summed E-state index contributed by atoms with van der Waals surface area (Å²) in [5.41, 5.74) is 16.1. The van der Waals surface area contributed by atoms with Crippen molar-refractivity contribution in [2.24, 2.45) is 35.0 Å². The zero-order valence-corrected chi connectivity index (χ0v) is 15.2. The van der Waals surface area contributed by atoms with Crippen molar-refractivity contribution in [1.29, 1.82) is 0 Å². The highest BCUT2D eigenvalue weighted by molar-refractivity contribution is 7.64. The van der Waals surface area contributed by atoms with E-state index in [0.717, 1.165) is 0 Å². The van der Waals surface area contributed by atoms with Gasteiger partial charge in [-0.25, -0.2) is 0 Å². The molecule has 0 aromatic rings. The number of hydrogen-bond acceptors (Lipinski definition) is 4. The molecule has 3 atom stereocenters. The summed E-state index contributed by atoms with van der Waals surface area (Å²) in [6.45, 7) is 5.36. The summed E-state index contributed by atoms with van der Waals surface area (Å²) in [7, 11) is -3.00. The zero-order chi connectivity index (χ0) is 18.2. The van der Waals surface area contributed by atoms with E-state index in [9.17, 15) is 18.9 Å². The van der Waals surface area contributed by atoms with Crippen LogP contribution in [0.15, 0.2) is 0 Å². The van der Waals surface area contributed by atoms with Gasteiger partial charge in [-0.05, 0) is 19.3 Å². The first-order chi connectivity index (χ1) is 10.6. The monoisotopic (exact) mass is 347 g/mol. The van der Waals surface area contributed by atoms with Gasteiger partial charge in [0.15, 0.2) is 0 Å². The van der Waals surface area contributed by atoms with Crippen molar-refractivity contribution in [3.63, 3.8) is 0 Å². The molecule has 3 unspecified atom stereocenters. The van der Waals surface area contributed by atoms with Gasteiger partial charge < -0.3 is 21.8 Å². The van der Waals surface area contributed by atoms with Crippen LogP contribution in [0, 0.1) is 17.8 Å². The fraction of sp³-hybridized carbons (Fsp3) is 0.800. The maximum Gasteiger partial charge on any atom is 0.220 e. The second kappa shape index (κ2) is 9.71. The third-order valence-corrected chi connectivity index (χ3v) is 7.66. The molecule has 134 valence electrons. The summed E-state index contributed by atoms with van der Waals surface area (Å²) >= 11 is 0. The van der Waals surface area contributed by atoms with Gasteiger partial charge in [-0.15, -0.1) is 0 Å². The van der Waals surface area contributed by atoms with Crippen LogP contribution >= 0.6 is 7.14 Å². The Bertz CT molecular complexity index is 415. The maximum absolute atomic E-state index is 13.4. The van der Waals surface area contributed by atoms with E-state index in [1.54, 1.807) is 20.8 Å². The van der Waals surface area contributed by atoms with Gasteiger partial charge in [-0.1, -0.05) is 20.8 Å². The molecule has 0 aromatic heterocycles. The van der Waals surface area contributed by atoms with Crippen LogP contribution < -0.4 is 17.2 Å². The summed E-state index contributed by atoms with van der Waals surface area (Å²) < 4.78 is 13.4. The first-order valence-electron chi connectivity index (χ1n) is 8.05. The summed E-state index contributed by atoms with van der Waals surface area (Å²) in [5.74, 6) is -3.20. The highest BCUT2D eigenvalue weighted by atomic mass is 31.2. The van der Waals surface area contributed by atoms with Crippen molar-refractivity contribution in [2.75, 3.05) is 18.5 Å². The van der Waals surface area contributed by atoms with Gasteiger partial charge in [-0.2, -0.15) is 0 Å². The standard InChI is InChI=1S/C15H30N3O4P/c1-4-10(13(16)19)7-23(22,8-11(5-2)14(17)20)9-12(6-3)15(18)21/h10-12H,4-9H2,1-3H3,(H2,16,19)(H2,17,20)(H2,18,21). The second-order valence-electron chi connectivity index (χ2n) is 6.13. The Morgan fingerprint density at radius 2 is 0.913 bits per heavy atom. The average Bonchev–Trinajstić information content (AvgIpc) is 2.47. The molecular formula is C15H30N3O4P. The van der Waals surface area contributed by atoms with E-state index in [0.29, 0.717) is 19.3 Å². The summed E-state index contributed by atoms with van der Waals surface area (Å²) in [5, 5.41) is 0. The molecule has 0 aliphatic heterocycles. The molecule has 8 heteroatoms. The Morgan fingerprint density at radius 3 is 1.04 bits per heavy atom. The van der Waals surface area contributed by atoms with Gasteiger partial charge in [0.25, 0.3) is 0 Å². The topological polar surface area (TPSA) is 146 Å². The SMILES string of the molecule is CCC(CP(=O)(CC(CC)C(N)=O)CC(CC)C(N)=O)C(N)=O. The van der Waals surface area contributed by atoms with Crippen LogP contribution in [0.1, 0.15) is 40.0 Å². The average molecular weight is 347 g/mol. The number of hydrogen-bond donors (Lipinski definition) is 3. The predicted molar refractivity (Wildman–Crippen MR) is 91.1 cm³/mol. The first-order valence-corrected chi connectivity index (χ1v) is 10.3. The largest absolute Gasteiger partial charge is 0.369 e. The zero-order valence-electron chi connectivity index (χ0n) is 14.3. The molecular weight excluding hydrogens is 317 g/mol. The maximum atomic E-state index is 13.4. The van der Waals surface area contributed by atoms with E-state index in [1.165, 1.54) is 0 Å². The molecule has 0 radical (unpaired) electrons. The minimum Gasteiger partial charge on any atom is -0.369 e. The fourth-order valence-electron chi connectivity index (χ4n) is 2.69. The Hall–Kier alpha value is -1.36. The molecule has 0 spiro atoms. The normalized spacial score (nSPS) is 17.7. The molecule has 0 saturated carbocycles. The molecule has 0 saturated heterocycles. The Balaban J connectivity index is 5.48. The molecule has 0 rings (SSSR count). The van der Waals surface area contributed by atoms with Gasteiger partial charge in [0.05, 0.1) is 7.14 Å². The van der Waals surface area contributed by atoms with E-state index >= 15 is 0 Å². The molecule has 7 nitrogen and oxygen atoms in total. The minimum atomic E-state index is -3.00. The van der Waals surface area contributed by atoms with Crippen LogP contribution in [0.5, 0.6) is 0 Å². The third-order valence-electron chi connectivity index (χ3n) is 4.34. The summed E-state index contributed by atoms with van der Waals surface area (Å²) in [6.07, 6.45) is 1.64. The molecule has 0 fully saturated rings. The molecule has 0 aliphatic carbocycles. The quantitative estimate of drug-likeness (QED) is 0.450. The number of amides is 3. The summed E-state index contributed by atoms with van der Waals surface area (Å²) in [4.78, 5) is 34.5. The molecule has 3 amide bonds. The van der Waals surface area contributed by atoms with Crippen molar-refractivity contribution >= 4 is 24.9 Å². The highest BCUT2D eigenvalue weighted by Crippen LogP contribution is 2.51. The predicted octanol–water partition coefficient (Wildman–Crippen LogP) is 0.884. The summed E-state index contributed by atoms with van der Waals surface area (Å²) in [6, 6.07) is 0. The van der Waals surface area contributed by atoms with E-state index in [1.807, 2.05) is 0 Å².